The second kappa shape index (κ2) is 7.08. The van der Waals surface area contributed by atoms with Crippen LogP contribution in [0.1, 0.15) is 38.3 Å². The first-order valence-electron chi connectivity index (χ1n) is 7.14. The van der Waals surface area contributed by atoms with E-state index in [0.29, 0.717) is 16.6 Å². The Kier molecular flexibility index (Phi) is 5.67. The maximum absolute atomic E-state index is 13.6. The van der Waals surface area contributed by atoms with Crippen molar-refractivity contribution in [1.29, 1.82) is 0 Å². The summed E-state index contributed by atoms with van der Waals surface area (Å²) in [4.78, 5) is 2.42. The molecule has 1 aromatic rings. The summed E-state index contributed by atoms with van der Waals surface area (Å²) in [5, 5.41) is 4.17. The molecule has 1 N–H and O–H groups in total. The van der Waals surface area contributed by atoms with E-state index >= 15 is 0 Å². The molecule has 0 saturated carbocycles. The molecule has 20 heavy (non-hydrogen) atoms. The number of hydrogen-bond acceptors (Lipinski definition) is 2. The minimum Gasteiger partial charge on any atom is -0.306 e. The van der Waals surface area contributed by atoms with E-state index < -0.39 is 5.82 Å². The molecule has 1 aliphatic heterocycles. The van der Waals surface area contributed by atoms with Gasteiger partial charge in [0.05, 0.1) is 5.02 Å². The average molecular weight is 319 g/mol. The molecule has 0 spiro atoms. The molecule has 0 bridgehead atoms. The van der Waals surface area contributed by atoms with Crippen LogP contribution in [0, 0.1) is 5.82 Å². The van der Waals surface area contributed by atoms with Gasteiger partial charge in [-0.3, -0.25) is 0 Å². The summed E-state index contributed by atoms with van der Waals surface area (Å²) < 4.78 is 13.6. The Bertz CT molecular complexity index is 467. The number of benzene rings is 1. The number of hydrogen-bond donors (Lipinski definition) is 1. The Balaban J connectivity index is 2.08. The molecule has 1 heterocycles. The van der Waals surface area contributed by atoms with Crippen molar-refractivity contribution in [3.63, 3.8) is 0 Å². The van der Waals surface area contributed by atoms with E-state index in [1.54, 1.807) is 6.07 Å². The SMILES string of the molecule is CCN1CCCC(NC(C)c2c(Cl)ccc(F)c2Cl)C1. The van der Waals surface area contributed by atoms with Crippen LogP contribution >= 0.6 is 23.2 Å². The summed E-state index contributed by atoms with van der Waals surface area (Å²) in [6, 6.07) is 3.21. The Hall–Kier alpha value is -0.350. The molecule has 2 atom stereocenters. The lowest BCUT2D eigenvalue weighted by Gasteiger charge is -2.34. The minimum atomic E-state index is -0.418. The van der Waals surface area contributed by atoms with E-state index in [9.17, 15) is 4.39 Å². The van der Waals surface area contributed by atoms with E-state index in [-0.39, 0.29) is 11.1 Å². The van der Waals surface area contributed by atoms with Crippen molar-refractivity contribution in [1.82, 2.24) is 10.2 Å². The fourth-order valence-electron chi connectivity index (χ4n) is 2.86. The van der Waals surface area contributed by atoms with Gasteiger partial charge in [-0.15, -0.1) is 0 Å². The van der Waals surface area contributed by atoms with Gasteiger partial charge in [-0.25, -0.2) is 4.39 Å². The summed E-state index contributed by atoms with van der Waals surface area (Å²) in [5.74, 6) is -0.418. The van der Waals surface area contributed by atoms with Crippen LogP contribution in [0.2, 0.25) is 10.0 Å². The van der Waals surface area contributed by atoms with Crippen LogP contribution in [0.5, 0.6) is 0 Å². The number of likely N-dealkylation sites (tertiary alicyclic amines) is 1. The van der Waals surface area contributed by atoms with E-state index in [2.05, 4.69) is 17.1 Å². The van der Waals surface area contributed by atoms with Gasteiger partial charge in [0.15, 0.2) is 0 Å². The fourth-order valence-corrected chi connectivity index (χ4v) is 3.55. The van der Waals surface area contributed by atoms with Crippen LogP contribution in [0.15, 0.2) is 12.1 Å². The van der Waals surface area contributed by atoms with Gasteiger partial charge in [-0.2, -0.15) is 0 Å². The van der Waals surface area contributed by atoms with E-state index in [1.165, 1.54) is 12.5 Å². The third-order valence-electron chi connectivity index (χ3n) is 3.95. The Morgan fingerprint density at radius 3 is 2.90 bits per heavy atom. The lowest BCUT2D eigenvalue weighted by Crippen LogP contribution is -2.46. The summed E-state index contributed by atoms with van der Waals surface area (Å²) >= 11 is 12.2. The highest BCUT2D eigenvalue weighted by molar-refractivity contribution is 6.36. The minimum absolute atomic E-state index is 0.0625. The average Bonchev–Trinajstić information content (AvgIpc) is 2.43. The van der Waals surface area contributed by atoms with E-state index in [4.69, 9.17) is 23.2 Å². The summed E-state index contributed by atoms with van der Waals surface area (Å²) in [5.41, 5.74) is 0.655. The monoisotopic (exact) mass is 318 g/mol. The normalized spacial score (nSPS) is 21.9. The molecule has 2 unspecified atom stereocenters. The molecule has 0 aromatic heterocycles. The van der Waals surface area contributed by atoms with Crippen molar-refractivity contribution in [2.45, 2.75) is 38.8 Å². The summed E-state index contributed by atoms with van der Waals surface area (Å²) in [6.07, 6.45) is 2.31. The third-order valence-corrected chi connectivity index (χ3v) is 4.66. The molecule has 1 fully saturated rings. The molecule has 5 heteroatoms. The molecule has 0 radical (unpaired) electrons. The maximum Gasteiger partial charge on any atom is 0.142 e. The summed E-state index contributed by atoms with van der Waals surface area (Å²) in [6.45, 7) is 7.40. The Morgan fingerprint density at radius 1 is 1.45 bits per heavy atom. The van der Waals surface area contributed by atoms with E-state index in [1.807, 2.05) is 6.92 Å². The Labute approximate surface area is 130 Å². The van der Waals surface area contributed by atoms with Gasteiger partial charge < -0.3 is 10.2 Å². The number of likely N-dealkylation sites (N-methyl/N-ethyl adjacent to an activating group) is 1. The topological polar surface area (TPSA) is 15.3 Å². The van der Waals surface area contributed by atoms with Gasteiger partial charge >= 0.3 is 0 Å². The van der Waals surface area contributed by atoms with Gasteiger partial charge in [-0.1, -0.05) is 30.1 Å². The van der Waals surface area contributed by atoms with Gasteiger partial charge in [0.25, 0.3) is 0 Å². The first-order valence-corrected chi connectivity index (χ1v) is 7.90. The molecule has 0 aliphatic carbocycles. The van der Waals surface area contributed by atoms with Crippen molar-refractivity contribution >= 4 is 23.2 Å². The lowest BCUT2D eigenvalue weighted by atomic mass is 10.0. The number of nitrogens with zero attached hydrogens (tertiary/aromatic N) is 1. The highest BCUT2D eigenvalue weighted by atomic mass is 35.5. The smallest absolute Gasteiger partial charge is 0.142 e. The molecule has 2 rings (SSSR count). The zero-order valence-corrected chi connectivity index (χ0v) is 13.4. The highest BCUT2D eigenvalue weighted by Crippen LogP contribution is 2.32. The predicted molar refractivity (Wildman–Crippen MR) is 83.1 cm³/mol. The first kappa shape index (κ1) is 16.0. The number of halogens is 3. The quantitative estimate of drug-likeness (QED) is 0.834. The lowest BCUT2D eigenvalue weighted by molar-refractivity contribution is 0.192. The molecule has 112 valence electrons. The van der Waals surface area contributed by atoms with Gasteiger partial charge in [0.2, 0.25) is 0 Å². The highest BCUT2D eigenvalue weighted by Gasteiger charge is 2.23. The molecule has 0 amide bonds. The fraction of sp³-hybridized carbons (Fsp3) is 0.600. The van der Waals surface area contributed by atoms with Crippen molar-refractivity contribution < 1.29 is 4.39 Å². The van der Waals surface area contributed by atoms with Crippen LogP contribution in [0.4, 0.5) is 4.39 Å². The zero-order chi connectivity index (χ0) is 14.7. The van der Waals surface area contributed by atoms with Crippen LogP contribution in [-0.4, -0.2) is 30.6 Å². The third kappa shape index (κ3) is 3.64. The summed E-state index contributed by atoms with van der Waals surface area (Å²) in [7, 11) is 0. The van der Waals surface area contributed by atoms with Crippen molar-refractivity contribution in [3.05, 3.63) is 33.6 Å². The van der Waals surface area contributed by atoms with Crippen LogP contribution in [-0.2, 0) is 0 Å². The van der Waals surface area contributed by atoms with Crippen LogP contribution in [0.3, 0.4) is 0 Å². The molecular formula is C15H21Cl2FN2. The number of rotatable bonds is 4. The predicted octanol–water partition coefficient (Wildman–Crippen LogP) is 4.27. The molecule has 2 nitrogen and oxygen atoms in total. The Morgan fingerprint density at radius 2 is 2.20 bits per heavy atom. The maximum atomic E-state index is 13.6. The molecule has 1 aliphatic rings. The number of nitrogens with one attached hydrogen (secondary N) is 1. The largest absolute Gasteiger partial charge is 0.306 e. The molecular weight excluding hydrogens is 298 g/mol. The van der Waals surface area contributed by atoms with E-state index in [0.717, 1.165) is 26.1 Å². The van der Waals surface area contributed by atoms with Crippen molar-refractivity contribution in [2.24, 2.45) is 0 Å². The van der Waals surface area contributed by atoms with Gasteiger partial charge in [0.1, 0.15) is 5.82 Å². The first-order chi connectivity index (χ1) is 9.52. The van der Waals surface area contributed by atoms with Crippen molar-refractivity contribution in [2.75, 3.05) is 19.6 Å². The zero-order valence-electron chi connectivity index (χ0n) is 11.9. The second-order valence-electron chi connectivity index (χ2n) is 5.38. The second-order valence-corrected chi connectivity index (χ2v) is 6.16. The molecule has 1 saturated heterocycles. The van der Waals surface area contributed by atoms with Crippen LogP contribution in [0.25, 0.3) is 0 Å². The van der Waals surface area contributed by atoms with Crippen molar-refractivity contribution in [3.8, 4) is 0 Å². The number of piperidine rings is 1. The van der Waals surface area contributed by atoms with Crippen LogP contribution < -0.4 is 5.32 Å². The van der Waals surface area contributed by atoms with Gasteiger partial charge in [0, 0.05) is 29.2 Å². The molecule has 1 aromatic carbocycles. The van der Waals surface area contributed by atoms with Gasteiger partial charge in [-0.05, 0) is 45.0 Å². The standard InChI is InChI=1S/C15H21Cl2FN2/c1-3-20-8-4-5-11(9-20)19-10(2)14-12(16)6-7-13(18)15(14)17/h6-7,10-11,19H,3-5,8-9H2,1-2H3.